The molecule has 0 aliphatic carbocycles. The predicted octanol–water partition coefficient (Wildman–Crippen LogP) is 4.84. The Morgan fingerprint density at radius 3 is 2.26 bits per heavy atom. The third kappa shape index (κ3) is 6.15. The van der Waals surface area contributed by atoms with Crippen molar-refractivity contribution in [1.82, 2.24) is 24.6 Å². The largest absolute Gasteiger partial charge is 0.451 e. The lowest BCUT2D eigenvalue weighted by Gasteiger charge is -2.31. The van der Waals surface area contributed by atoms with Crippen LogP contribution in [-0.4, -0.2) is 52.6 Å². The number of aryl methyl sites for hydroxylation is 1. The molecule has 1 aliphatic rings. The van der Waals surface area contributed by atoms with Crippen molar-refractivity contribution in [1.29, 1.82) is 0 Å². The molecule has 0 radical (unpaired) electrons. The summed E-state index contributed by atoms with van der Waals surface area (Å²) < 4.78 is 93.1. The summed E-state index contributed by atoms with van der Waals surface area (Å²) in [7, 11) is -4.22. The molecule has 0 spiro atoms. The molecule has 8 nitrogen and oxygen atoms in total. The fraction of sp³-hybridized carbons (Fsp3) is 0.391. The van der Waals surface area contributed by atoms with Gasteiger partial charge in [0.25, 0.3) is 11.8 Å². The van der Waals surface area contributed by atoms with Crippen LogP contribution in [0.3, 0.4) is 0 Å². The van der Waals surface area contributed by atoms with Crippen molar-refractivity contribution in [3.63, 3.8) is 0 Å². The number of halogens is 5. The highest BCUT2D eigenvalue weighted by molar-refractivity contribution is 7.89. The van der Waals surface area contributed by atoms with Crippen molar-refractivity contribution < 1.29 is 35.2 Å². The molecule has 1 fully saturated rings. The maximum Gasteiger partial charge on any atom is 0.451 e. The van der Waals surface area contributed by atoms with Crippen LogP contribution < -0.4 is 5.32 Å². The van der Waals surface area contributed by atoms with Gasteiger partial charge in [-0.05, 0) is 32.0 Å². The minimum atomic E-state index is -4.72. The lowest BCUT2D eigenvalue weighted by Crippen LogP contribution is -2.42. The minimum Gasteiger partial charge on any atom is -0.345 e. The van der Waals surface area contributed by atoms with Gasteiger partial charge in [-0.1, -0.05) is 0 Å². The Morgan fingerprint density at radius 1 is 1.08 bits per heavy atom. The second-order valence-corrected chi connectivity index (χ2v) is 12.0. The van der Waals surface area contributed by atoms with Gasteiger partial charge in [0, 0.05) is 66.1 Å². The fourth-order valence-electron chi connectivity index (χ4n) is 3.76. The number of piperidine rings is 1. The molecule has 4 rings (SSSR count). The molecule has 1 atom stereocenters. The number of alkyl halides is 5. The number of aromatic nitrogens is 3. The number of nitrogens with zero attached hydrogens (tertiary/aromatic N) is 4. The van der Waals surface area contributed by atoms with Crippen molar-refractivity contribution in [2.24, 2.45) is 0 Å². The monoisotopic (exact) mass is 575 g/mol. The van der Waals surface area contributed by atoms with E-state index in [0.29, 0.717) is 10.6 Å². The summed E-state index contributed by atoms with van der Waals surface area (Å²) >= 11 is 1.27. The van der Waals surface area contributed by atoms with E-state index in [1.807, 2.05) is 0 Å². The zero-order valence-corrected chi connectivity index (χ0v) is 21.7. The highest BCUT2D eigenvalue weighted by atomic mass is 32.2. The van der Waals surface area contributed by atoms with Gasteiger partial charge >= 0.3 is 6.18 Å². The van der Waals surface area contributed by atoms with Gasteiger partial charge in [0.15, 0.2) is 0 Å². The summed E-state index contributed by atoms with van der Waals surface area (Å²) in [5.74, 6) is -4.99. The Hall–Kier alpha value is -3.04. The molecule has 1 N–H and O–H groups in total. The van der Waals surface area contributed by atoms with E-state index in [0.717, 1.165) is 27.6 Å². The predicted molar refractivity (Wildman–Crippen MR) is 128 cm³/mol. The smallest absolute Gasteiger partial charge is 0.345 e. The first kappa shape index (κ1) is 28.0. The Bertz CT molecular complexity index is 1430. The molecule has 0 saturated carbocycles. The lowest BCUT2D eigenvalue weighted by molar-refractivity contribution is -0.145. The normalized spacial score (nSPS) is 17.2. The van der Waals surface area contributed by atoms with E-state index in [1.165, 1.54) is 30.4 Å². The highest BCUT2D eigenvalue weighted by Crippen LogP contribution is 2.33. The van der Waals surface area contributed by atoms with Crippen LogP contribution in [-0.2, 0) is 16.2 Å². The Kier molecular flexibility index (Phi) is 7.56. The summed E-state index contributed by atoms with van der Waals surface area (Å²) in [6.45, 7) is 2.56. The first-order chi connectivity index (χ1) is 17.7. The van der Waals surface area contributed by atoms with E-state index in [1.54, 1.807) is 13.1 Å². The van der Waals surface area contributed by atoms with Crippen molar-refractivity contribution in [3.05, 3.63) is 58.6 Å². The van der Waals surface area contributed by atoms with Crippen LogP contribution in [0.25, 0.3) is 10.6 Å². The number of thiazole rings is 1. The Labute approximate surface area is 219 Å². The van der Waals surface area contributed by atoms with Crippen LogP contribution in [0.15, 0.2) is 41.7 Å². The van der Waals surface area contributed by atoms with Crippen LogP contribution >= 0.6 is 11.3 Å². The number of carbonyl (C=O) groups is 1. The molecular formula is C23H22F5N5O3S2. The van der Waals surface area contributed by atoms with Crippen LogP contribution in [0.5, 0.6) is 0 Å². The summed E-state index contributed by atoms with van der Waals surface area (Å²) in [6, 6.07) is 3.09. The van der Waals surface area contributed by atoms with Gasteiger partial charge in [-0.3, -0.25) is 4.79 Å². The molecular weight excluding hydrogens is 553 g/mol. The number of benzene rings is 1. The SMILES string of the molecule is Cc1cnc(-c2cc(C(=O)N[C@H](C)c3cnc(C(F)(F)F)nc3)cc(S(=O)(=O)N3CCC(F)(F)CC3)c2)s1. The summed E-state index contributed by atoms with van der Waals surface area (Å²) in [5, 5.41) is 3.05. The average molecular weight is 576 g/mol. The third-order valence-electron chi connectivity index (χ3n) is 5.90. The summed E-state index contributed by atoms with van der Waals surface area (Å²) in [6.07, 6.45) is -2.48. The first-order valence-corrected chi connectivity index (χ1v) is 13.6. The molecule has 1 aliphatic heterocycles. The third-order valence-corrected chi connectivity index (χ3v) is 8.74. The second kappa shape index (κ2) is 10.3. The van der Waals surface area contributed by atoms with Gasteiger partial charge < -0.3 is 5.32 Å². The molecule has 38 heavy (non-hydrogen) atoms. The first-order valence-electron chi connectivity index (χ1n) is 11.3. The second-order valence-electron chi connectivity index (χ2n) is 8.82. The molecule has 1 aromatic carbocycles. The highest BCUT2D eigenvalue weighted by Gasteiger charge is 2.39. The average Bonchev–Trinajstić information content (AvgIpc) is 3.29. The van der Waals surface area contributed by atoms with Gasteiger partial charge in [0.2, 0.25) is 15.8 Å². The number of carbonyl (C=O) groups excluding carboxylic acids is 1. The van der Waals surface area contributed by atoms with Crippen molar-refractivity contribution in [2.75, 3.05) is 13.1 Å². The van der Waals surface area contributed by atoms with E-state index < -0.39 is 52.7 Å². The van der Waals surface area contributed by atoms with Gasteiger partial charge in [0.05, 0.1) is 10.9 Å². The van der Waals surface area contributed by atoms with E-state index in [9.17, 15) is 35.2 Å². The molecule has 0 bridgehead atoms. The Balaban J connectivity index is 1.65. The van der Waals surface area contributed by atoms with Crippen molar-refractivity contribution in [2.45, 2.75) is 49.7 Å². The molecule has 1 amide bonds. The van der Waals surface area contributed by atoms with Crippen LogP contribution in [0.1, 0.15) is 52.4 Å². The minimum absolute atomic E-state index is 0.0593. The van der Waals surface area contributed by atoms with Crippen LogP contribution in [0.4, 0.5) is 22.0 Å². The molecule has 0 unspecified atom stereocenters. The van der Waals surface area contributed by atoms with Crippen LogP contribution in [0.2, 0.25) is 0 Å². The molecule has 2 aromatic heterocycles. The van der Waals surface area contributed by atoms with Gasteiger partial charge in [-0.25, -0.2) is 32.2 Å². The number of hydrogen-bond acceptors (Lipinski definition) is 7. The fourth-order valence-corrected chi connectivity index (χ4v) is 6.03. The van der Waals surface area contributed by atoms with Gasteiger partial charge in [-0.15, -0.1) is 11.3 Å². The number of hydrogen-bond donors (Lipinski definition) is 1. The lowest BCUT2D eigenvalue weighted by atomic mass is 10.1. The van der Waals surface area contributed by atoms with E-state index in [4.69, 9.17) is 0 Å². The number of nitrogens with one attached hydrogen (secondary N) is 1. The number of amides is 1. The van der Waals surface area contributed by atoms with Crippen molar-refractivity contribution in [3.8, 4) is 10.6 Å². The quantitative estimate of drug-likeness (QED) is 0.422. The maximum absolute atomic E-state index is 13.6. The van der Waals surface area contributed by atoms with E-state index >= 15 is 0 Å². The standard InChI is InChI=1S/C23H22F5N5O3S2/c1-13-10-29-20(37-13)16-7-15(8-18(9-16)38(35,36)33-5-3-22(24,25)4-6-33)19(34)32-14(2)17-11-30-21(31-12-17)23(26,27)28/h7-12,14H,3-6H2,1-2H3,(H,32,34)/t14-/m1/s1. The molecule has 3 aromatic rings. The van der Waals surface area contributed by atoms with E-state index in [2.05, 4.69) is 20.3 Å². The Morgan fingerprint density at radius 2 is 1.71 bits per heavy atom. The van der Waals surface area contributed by atoms with Gasteiger partial charge in [-0.2, -0.15) is 17.5 Å². The topological polar surface area (TPSA) is 105 Å². The maximum atomic E-state index is 13.6. The summed E-state index contributed by atoms with van der Waals surface area (Å²) in [5.41, 5.74) is 0.471. The number of sulfonamides is 1. The molecule has 15 heteroatoms. The molecule has 3 heterocycles. The number of rotatable bonds is 6. The zero-order chi connectivity index (χ0) is 27.9. The van der Waals surface area contributed by atoms with E-state index in [-0.39, 0.29) is 29.1 Å². The van der Waals surface area contributed by atoms with Crippen molar-refractivity contribution >= 4 is 27.3 Å². The molecule has 1 saturated heterocycles. The van der Waals surface area contributed by atoms with Crippen LogP contribution in [0, 0.1) is 6.92 Å². The molecule has 204 valence electrons. The van der Waals surface area contributed by atoms with Gasteiger partial charge in [0.1, 0.15) is 5.01 Å². The summed E-state index contributed by atoms with van der Waals surface area (Å²) in [4.78, 5) is 24.5. The zero-order valence-electron chi connectivity index (χ0n) is 20.1.